The zero-order valence-electron chi connectivity index (χ0n) is 18.1. The molecule has 1 unspecified atom stereocenters. The minimum absolute atomic E-state index is 0.156. The fourth-order valence-corrected chi connectivity index (χ4v) is 4.50. The van der Waals surface area contributed by atoms with Crippen molar-refractivity contribution in [1.29, 1.82) is 0 Å². The van der Waals surface area contributed by atoms with Gasteiger partial charge in [0, 0.05) is 28.5 Å². The first-order chi connectivity index (χ1) is 16.9. The summed E-state index contributed by atoms with van der Waals surface area (Å²) in [6.07, 6.45) is 4.21. The highest BCUT2D eigenvalue weighted by Crippen LogP contribution is 2.51. The number of halogens is 3. The van der Waals surface area contributed by atoms with Crippen LogP contribution in [0, 0.1) is 17.5 Å². The van der Waals surface area contributed by atoms with Gasteiger partial charge in [-0.2, -0.15) is 0 Å². The van der Waals surface area contributed by atoms with Gasteiger partial charge in [-0.1, -0.05) is 6.07 Å². The van der Waals surface area contributed by atoms with Crippen LogP contribution in [0.1, 0.15) is 11.1 Å². The van der Waals surface area contributed by atoms with Crippen LogP contribution in [-0.4, -0.2) is 29.0 Å². The van der Waals surface area contributed by atoms with Crippen molar-refractivity contribution in [3.05, 3.63) is 95.7 Å². The molecule has 2 N–H and O–H groups in total. The number of aliphatic imine (C=N–C) groups is 1. The maximum absolute atomic E-state index is 13.9. The van der Waals surface area contributed by atoms with E-state index in [4.69, 9.17) is 20.2 Å². The molecule has 0 bridgehead atoms. The quantitative estimate of drug-likeness (QED) is 0.444. The molecule has 2 aromatic carbocycles. The lowest BCUT2D eigenvalue weighted by Crippen LogP contribution is -2.42. The first kappa shape index (κ1) is 21.3. The summed E-state index contributed by atoms with van der Waals surface area (Å²) >= 11 is 0. The van der Waals surface area contributed by atoms with Crippen LogP contribution in [0.25, 0.3) is 22.4 Å². The lowest BCUT2D eigenvalue weighted by molar-refractivity contribution is 0.110. The number of benzene rings is 2. The zero-order chi connectivity index (χ0) is 24.2. The fourth-order valence-electron chi connectivity index (χ4n) is 4.50. The lowest BCUT2D eigenvalue weighted by atomic mass is 9.79. The normalized spacial score (nSPS) is 18.4. The van der Waals surface area contributed by atoms with Gasteiger partial charge in [-0.15, -0.1) is 0 Å². The van der Waals surface area contributed by atoms with Gasteiger partial charge in [-0.3, -0.25) is 15.0 Å². The van der Waals surface area contributed by atoms with E-state index in [0.29, 0.717) is 50.8 Å². The van der Waals surface area contributed by atoms with E-state index in [9.17, 15) is 13.2 Å². The van der Waals surface area contributed by atoms with Crippen LogP contribution >= 0.6 is 0 Å². The summed E-state index contributed by atoms with van der Waals surface area (Å²) < 4.78 is 53.2. The molecule has 2 aromatic heterocycles. The van der Waals surface area contributed by atoms with Gasteiger partial charge in [0.25, 0.3) is 0 Å². The van der Waals surface area contributed by atoms with Gasteiger partial charge >= 0.3 is 0 Å². The Morgan fingerprint density at radius 3 is 2.43 bits per heavy atom. The topological polar surface area (TPSA) is 82.6 Å². The number of rotatable bonds is 2. The number of ether oxygens (including phenoxy) is 2. The van der Waals surface area contributed by atoms with E-state index < -0.39 is 23.0 Å². The molecular weight excluding hydrogens is 457 g/mol. The third-order valence-electron chi connectivity index (χ3n) is 6.11. The molecule has 1 spiro atoms. The standard InChI is InChI=1S/C26H17F3N4O2/c27-17-5-16(9-31-10-17)14-2-4-23-18(6-14)26(13-34-12-25(30)33-26)19-8-22(32-11-24(19)35-23)15-1-3-20(28)21(29)7-15/h1-11H,12-13H2,(H2,30,33). The summed E-state index contributed by atoms with van der Waals surface area (Å²) in [6, 6.07) is 12.1. The second-order valence-electron chi connectivity index (χ2n) is 8.36. The molecule has 0 aliphatic carbocycles. The second-order valence-corrected chi connectivity index (χ2v) is 8.36. The predicted molar refractivity (Wildman–Crippen MR) is 123 cm³/mol. The Balaban J connectivity index is 1.56. The minimum atomic E-state index is -1.09. The van der Waals surface area contributed by atoms with E-state index in [2.05, 4.69) is 9.97 Å². The van der Waals surface area contributed by atoms with Crippen LogP contribution in [0.3, 0.4) is 0 Å². The largest absolute Gasteiger partial charge is 0.455 e. The van der Waals surface area contributed by atoms with E-state index in [1.54, 1.807) is 24.4 Å². The summed E-state index contributed by atoms with van der Waals surface area (Å²) in [4.78, 5) is 13.1. The highest BCUT2D eigenvalue weighted by Gasteiger charge is 2.45. The number of nitrogens with two attached hydrogens (primary N) is 1. The fraction of sp³-hybridized carbons (Fsp3) is 0.115. The van der Waals surface area contributed by atoms with Crippen molar-refractivity contribution in [2.24, 2.45) is 10.7 Å². The summed E-state index contributed by atoms with van der Waals surface area (Å²) in [5, 5.41) is 0. The predicted octanol–water partition coefficient (Wildman–Crippen LogP) is 4.96. The third kappa shape index (κ3) is 3.52. The van der Waals surface area contributed by atoms with Crippen LogP contribution in [0.15, 0.2) is 72.1 Å². The molecule has 174 valence electrons. The number of hydrogen-bond donors (Lipinski definition) is 1. The van der Waals surface area contributed by atoms with E-state index >= 15 is 0 Å². The maximum atomic E-state index is 13.9. The van der Waals surface area contributed by atoms with Crippen LogP contribution in [-0.2, 0) is 10.3 Å². The number of nitrogens with zero attached hydrogens (tertiary/aromatic N) is 3. The Morgan fingerprint density at radius 2 is 1.63 bits per heavy atom. The third-order valence-corrected chi connectivity index (χ3v) is 6.11. The van der Waals surface area contributed by atoms with Crippen molar-refractivity contribution in [3.8, 4) is 33.9 Å². The molecule has 1 atom stereocenters. The number of pyridine rings is 2. The molecule has 6 nitrogen and oxygen atoms in total. The average Bonchev–Trinajstić information content (AvgIpc) is 2.86. The molecule has 0 saturated heterocycles. The van der Waals surface area contributed by atoms with Crippen molar-refractivity contribution in [2.45, 2.75) is 5.54 Å². The van der Waals surface area contributed by atoms with Crippen molar-refractivity contribution in [1.82, 2.24) is 9.97 Å². The van der Waals surface area contributed by atoms with Gasteiger partial charge in [0.15, 0.2) is 17.4 Å². The molecule has 0 radical (unpaired) electrons. The van der Waals surface area contributed by atoms with Crippen LogP contribution in [0.5, 0.6) is 11.5 Å². The zero-order valence-corrected chi connectivity index (χ0v) is 18.1. The number of hydrogen-bond acceptors (Lipinski definition) is 6. The molecule has 0 saturated carbocycles. The van der Waals surface area contributed by atoms with Crippen molar-refractivity contribution in [2.75, 3.05) is 13.2 Å². The number of aromatic nitrogens is 2. The van der Waals surface area contributed by atoms with Crippen LogP contribution in [0.4, 0.5) is 13.2 Å². The summed E-state index contributed by atoms with van der Waals surface area (Å²) in [5.74, 6) is -1.13. The Bertz CT molecular complexity index is 1520. The van der Waals surface area contributed by atoms with Gasteiger partial charge in [0.1, 0.15) is 29.5 Å². The maximum Gasteiger partial charge on any atom is 0.159 e. The molecule has 2 aliphatic rings. The van der Waals surface area contributed by atoms with Crippen LogP contribution < -0.4 is 10.5 Å². The Labute approximate surface area is 197 Å². The summed E-state index contributed by atoms with van der Waals surface area (Å²) in [5.41, 5.74) is 8.39. The second kappa shape index (κ2) is 7.92. The average molecular weight is 474 g/mol. The molecule has 2 aliphatic heterocycles. The Hall–Kier alpha value is -4.24. The van der Waals surface area contributed by atoms with Gasteiger partial charge in [0.05, 0.1) is 24.7 Å². The molecule has 9 heteroatoms. The van der Waals surface area contributed by atoms with E-state index in [-0.39, 0.29) is 13.2 Å². The van der Waals surface area contributed by atoms with E-state index in [1.807, 2.05) is 6.07 Å². The van der Waals surface area contributed by atoms with Crippen LogP contribution in [0.2, 0.25) is 0 Å². The number of fused-ring (bicyclic) bond motifs is 4. The van der Waals surface area contributed by atoms with Gasteiger partial charge in [-0.25, -0.2) is 13.2 Å². The van der Waals surface area contributed by atoms with E-state index in [0.717, 1.165) is 18.3 Å². The van der Waals surface area contributed by atoms with Crippen molar-refractivity contribution >= 4 is 5.84 Å². The Kier molecular flexibility index (Phi) is 4.82. The molecule has 4 heterocycles. The first-order valence-corrected chi connectivity index (χ1v) is 10.7. The highest BCUT2D eigenvalue weighted by atomic mass is 19.2. The van der Waals surface area contributed by atoms with Crippen molar-refractivity contribution < 1.29 is 22.6 Å². The SMILES string of the molecule is NC1=NC2(COC1)c1cc(-c3cncc(F)c3)ccc1Oc1cnc(-c3ccc(F)c(F)c3)cc12. The van der Waals surface area contributed by atoms with E-state index in [1.165, 1.54) is 18.3 Å². The molecule has 0 amide bonds. The monoisotopic (exact) mass is 474 g/mol. The minimum Gasteiger partial charge on any atom is -0.455 e. The highest BCUT2D eigenvalue weighted by molar-refractivity contribution is 5.84. The summed E-state index contributed by atoms with van der Waals surface area (Å²) in [6.45, 7) is 0.324. The molecule has 35 heavy (non-hydrogen) atoms. The molecule has 4 aromatic rings. The smallest absolute Gasteiger partial charge is 0.159 e. The molecule has 6 rings (SSSR count). The van der Waals surface area contributed by atoms with Gasteiger partial charge < -0.3 is 15.2 Å². The Morgan fingerprint density at radius 1 is 0.800 bits per heavy atom. The molecular formula is C26H17F3N4O2. The lowest BCUT2D eigenvalue weighted by Gasteiger charge is -2.39. The van der Waals surface area contributed by atoms with Crippen molar-refractivity contribution in [3.63, 3.8) is 0 Å². The summed E-state index contributed by atoms with van der Waals surface area (Å²) in [7, 11) is 0. The number of amidine groups is 1. The van der Waals surface area contributed by atoms with Gasteiger partial charge in [0.2, 0.25) is 0 Å². The van der Waals surface area contributed by atoms with Gasteiger partial charge in [-0.05, 0) is 48.0 Å². The molecule has 0 fully saturated rings. The first-order valence-electron chi connectivity index (χ1n) is 10.7.